The van der Waals surface area contributed by atoms with Gasteiger partial charge in [-0.15, -0.1) is 0 Å². The minimum Gasteiger partial charge on any atom is -0.486 e. The van der Waals surface area contributed by atoms with Crippen LogP contribution in [0.1, 0.15) is 26.5 Å². The Morgan fingerprint density at radius 3 is 2.57 bits per heavy atom. The largest absolute Gasteiger partial charge is 0.486 e. The monoisotopic (exact) mass is 426 g/mol. The first kappa shape index (κ1) is 19.8. The van der Waals surface area contributed by atoms with E-state index in [-0.39, 0.29) is 17.6 Å². The van der Waals surface area contributed by atoms with Gasteiger partial charge in [-0.25, -0.2) is 0 Å². The minimum atomic E-state index is -0.352. The van der Waals surface area contributed by atoms with Gasteiger partial charge in [0.05, 0.1) is 11.3 Å². The lowest BCUT2D eigenvalue weighted by Gasteiger charge is -2.20. The van der Waals surface area contributed by atoms with Crippen LogP contribution >= 0.6 is 11.6 Å². The van der Waals surface area contributed by atoms with E-state index in [9.17, 15) is 9.59 Å². The molecule has 0 fully saturated rings. The second-order valence-corrected chi connectivity index (χ2v) is 7.02. The molecule has 0 saturated carbocycles. The molecule has 2 aromatic carbocycles. The molecule has 2 amide bonds. The Hall–Kier alpha value is -3.45. The molecule has 0 atom stereocenters. The predicted molar refractivity (Wildman–Crippen MR) is 112 cm³/mol. The molecule has 2 heterocycles. The summed E-state index contributed by atoms with van der Waals surface area (Å²) in [5.41, 5.74) is 2.01. The number of hydrogen-bond acceptors (Lipinski definition) is 5. The van der Waals surface area contributed by atoms with Gasteiger partial charge in [0.25, 0.3) is 11.8 Å². The highest BCUT2D eigenvalue weighted by Gasteiger charge is 2.16. The van der Waals surface area contributed by atoms with Crippen molar-refractivity contribution in [1.82, 2.24) is 5.32 Å². The quantitative estimate of drug-likeness (QED) is 0.623. The molecule has 4 rings (SSSR count). The van der Waals surface area contributed by atoms with Crippen molar-refractivity contribution >= 4 is 29.1 Å². The molecule has 8 heteroatoms. The standard InChI is InChI=1S/C22H19ClN2O5/c23-17-12-14(13-19-20(17)30-11-10-29-19)7-8-24-21(26)15-3-5-16(6-4-15)25-22(27)18-2-1-9-28-18/h1-6,9,12-13H,7-8,10-11H2,(H,24,26)(H,25,27). The Morgan fingerprint density at radius 1 is 1.00 bits per heavy atom. The zero-order valence-corrected chi connectivity index (χ0v) is 16.7. The van der Waals surface area contributed by atoms with Crippen LogP contribution in [0.25, 0.3) is 0 Å². The minimum absolute atomic E-state index is 0.206. The highest BCUT2D eigenvalue weighted by molar-refractivity contribution is 6.32. The smallest absolute Gasteiger partial charge is 0.291 e. The molecule has 1 aromatic heterocycles. The summed E-state index contributed by atoms with van der Waals surface area (Å²) in [7, 11) is 0. The fourth-order valence-corrected chi connectivity index (χ4v) is 3.32. The average molecular weight is 427 g/mol. The maximum absolute atomic E-state index is 12.4. The van der Waals surface area contributed by atoms with E-state index in [0.717, 1.165) is 5.56 Å². The van der Waals surface area contributed by atoms with Crippen molar-refractivity contribution in [3.8, 4) is 11.5 Å². The molecule has 30 heavy (non-hydrogen) atoms. The van der Waals surface area contributed by atoms with Crippen molar-refractivity contribution in [2.45, 2.75) is 6.42 Å². The summed E-state index contributed by atoms with van der Waals surface area (Å²) in [5.74, 6) is 0.853. The van der Waals surface area contributed by atoms with Crippen LogP contribution in [0.5, 0.6) is 11.5 Å². The van der Waals surface area contributed by atoms with Crippen LogP contribution in [-0.2, 0) is 6.42 Å². The van der Waals surface area contributed by atoms with E-state index in [0.29, 0.717) is 54.0 Å². The number of fused-ring (bicyclic) bond motifs is 1. The van der Waals surface area contributed by atoms with Gasteiger partial charge in [-0.2, -0.15) is 0 Å². The molecule has 0 saturated heterocycles. The number of benzene rings is 2. The van der Waals surface area contributed by atoms with E-state index in [1.54, 1.807) is 36.4 Å². The van der Waals surface area contributed by atoms with E-state index in [2.05, 4.69) is 10.6 Å². The fourth-order valence-electron chi connectivity index (χ4n) is 3.04. The van der Waals surface area contributed by atoms with Crippen molar-refractivity contribution in [2.24, 2.45) is 0 Å². The molecule has 0 aliphatic carbocycles. The Labute approximate surface area is 177 Å². The summed E-state index contributed by atoms with van der Waals surface area (Å²) in [6.45, 7) is 1.40. The third kappa shape index (κ3) is 4.58. The van der Waals surface area contributed by atoms with Crippen LogP contribution in [0.15, 0.2) is 59.2 Å². The molecule has 1 aliphatic rings. The van der Waals surface area contributed by atoms with Crippen molar-refractivity contribution in [3.63, 3.8) is 0 Å². The van der Waals surface area contributed by atoms with Gasteiger partial charge in [0, 0.05) is 17.8 Å². The van der Waals surface area contributed by atoms with E-state index in [1.165, 1.54) is 6.26 Å². The first-order chi connectivity index (χ1) is 14.6. The fraction of sp³-hybridized carbons (Fsp3) is 0.182. The van der Waals surface area contributed by atoms with Gasteiger partial charge >= 0.3 is 0 Å². The molecule has 0 unspecified atom stereocenters. The molecule has 0 radical (unpaired) electrons. The molecule has 0 bridgehead atoms. The molecule has 1 aliphatic heterocycles. The van der Waals surface area contributed by atoms with Crippen molar-refractivity contribution in [2.75, 3.05) is 25.1 Å². The third-order valence-corrected chi connectivity index (χ3v) is 4.79. The summed E-state index contributed by atoms with van der Waals surface area (Å²) in [6.07, 6.45) is 2.03. The molecular weight excluding hydrogens is 408 g/mol. The first-order valence-electron chi connectivity index (χ1n) is 9.41. The Morgan fingerprint density at radius 2 is 1.80 bits per heavy atom. The van der Waals surface area contributed by atoms with Crippen LogP contribution < -0.4 is 20.1 Å². The lowest BCUT2D eigenvalue weighted by atomic mass is 10.1. The zero-order chi connectivity index (χ0) is 20.9. The van der Waals surface area contributed by atoms with E-state index >= 15 is 0 Å². The topological polar surface area (TPSA) is 89.8 Å². The number of carbonyl (C=O) groups is 2. The number of nitrogens with one attached hydrogen (secondary N) is 2. The summed E-state index contributed by atoms with van der Waals surface area (Å²) in [6, 6.07) is 13.5. The number of ether oxygens (including phenoxy) is 2. The summed E-state index contributed by atoms with van der Waals surface area (Å²) < 4.78 is 16.1. The normalized spacial score (nSPS) is 12.3. The van der Waals surface area contributed by atoms with E-state index in [1.807, 2.05) is 12.1 Å². The van der Waals surface area contributed by atoms with Gasteiger partial charge in [0.2, 0.25) is 0 Å². The first-order valence-corrected chi connectivity index (χ1v) is 9.79. The van der Waals surface area contributed by atoms with Crippen LogP contribution in [0.3, 0.4) is 0 Å². The Kier molecular flexibility index (Phi) is 5.90. The molecule has 3 aromatic rings. The number of hydrogen-bond donors (Lipinski definition) is 2. The number of furan rings is 1. The Bertz CT molecular complexity index is 1050. The molecule has 154 valence electrons. The van der Waals surface area contributed by atoms with E-state index in [4.69, 9.17) is 25.5 Å². The lowest BCUT2D eigenvalue weighted by Crippen LogP contribution is -2.25. The Balaban J connectivity index is 1.30. The lowest BCUT2D eigenvalue weighted by molar-refractivity contribution is 0.0953. The summed E-state index contributed by atoms with van der Waals surface area (Å²) in [4.78, 5) is 24.3. The summed E-state index contributed by atoms with van der Waals surface area (Å²) in [5, 5.41) is 6.08. The summed E-state index contributed by atoms with van der Waals surface area (Å²) >= 11 is 6.24. The highest BCUT2D eigenvalue weighted by Crippen LogP contribution is 2.38. The van der Waals surface area contributed by atoms with Gasteiger partial charge in [-0.05, 0) is 60.5 Å². The van der Waals surface area contributed by atoms with Crippen LogP contribution in [0.2, 0.25) is 5.02 Å². The molecule has 0 spiro atoms. The second kappa shape index (κ2) is 8.92. The van der Waals surface area contributed by atoms with E-state index < -0.39 is 0 Å². The van der Waals surface area contributed by atoms with Crippen molar-refractivity contribution in [1.29, 1.82) is 0 Å². The maximum Gasteiger partial charge on any atom is 0.291 e. The predicted octanol–water partition coefficient (Wildman–Crippen LogP) is 3.93. The van der Waals surface area contributed by atoms with Gasteiger partial charge in [0.15, 0.2) is 17.3 Å². The van der Waals surface area contributed by atoms with Gasteiger partial charge in [-0.1, -0.05) is 11.6 Å². The number of anilines is 1. The highest BCUT2D eigenvalue weighted by atomic mass is 35.5. The van der Waals surface area contributed by atoms with Gasteiger partial charge in [0.1, 0.15) is 13.2 Å². The van der Waals surface area contributed by atoms with Crippen molar-refractivity contribution in [3.05, 3.63) is 76.7 Å². The van der Waals surface area contributed by atoms with Crippen molar-refractivity contribution < 1.29 is 23.5 Å². The second-order valence-electron chi connectivity index (χ2n) is 6.62. The van der Waals surface area contributed by atoms with Gasteiger partial charge < -0.3 is 24.5 Å². The zero-order valence-electron chi connectivity index (χ0n) is 15.9. The molecule has 2 N–H and O–H groups in total. The number of rotatable bonds is 6. The molecule has 7 nitrogen and oxygen atoms in total. The van der Waals surface area contributed by atoms with Gasteiger partial charge in [-0.3, -0.25) is 9.59 Å². The third-order valence-electron chi connectivity index (χ3n) is 4.51. The van der Waals surface area contributed by atoms with Crippen LogP contribution in [0, 0.1) is 0 Å². The number of halogens is 1. The number of amides is 2. The number of carbonyl (C=O) groups excluding carboxylic acids is 2. The van der Waals surface area contributed by atoms with Crippen LogP contribution in [-0.4, -0.2) is 31.6 Å². The maximum atomic E-state index is 12.4. The SMILES string of the molecule is O=C(NCCc1cc(Cl)c2c(c1)OCCO2)c1ccc(NC(=O)c2ccco2)cc1. The van der Waals surface area contributed by atoms with Crippen LogP contribution in [0.4, 0.5) is 5.69 Å². The average Bonchev–Trinajstić information content (AvgIpc) is 3.29. The molecular formula is C22H19ClN2O5.